The Morgan fingerprint density at radius 3 is 2.65 bits per heavy atom. The second-order valence-corrected chi connectivity index (χ2v) is 4.95. The molecule has 0 aliphatic heterocycles. The molecule has 110 valence electrons. The highest BCUT2D eigenvalue weighted by Gasteiger charge is 2.25. The Balaban J connectivity index is 3.50. The highest BCUT2D eigenvalue weighted by molar-refractivity contribution is 7.79. The summed E-state index contributed by atoms with van der Waals surface area (Å²) in [6.07, 6.45) is -2.71. The van der Waals surface area contributed by atoms with Crippen LogP contribution in [-0.2, 0) is 12.8 Å². The number of nitrogens with one attached hydrogen (secondary N) is 1. The molecule has 1 rings (SSSR count). The molecule has 0 aromatic heterocycles. The summed E-state index contributed by atoms with van der Waals surface area (Å²) in [7, 11) is 0. The van der Waals surface area contributed by atoms with Crippen LogP contribution in [0.1, 0.15) is 5.56 Å². The zero-order valence-corrected chi connectivity index (χ0v) is 12.2. The number of nitrogens with two attached hydrogens (primary N) is 1. The van der Waals surface area contributed by atoms with E-state index in [0.29, 0.717) is 0 Å². The Kier molecular flexibility index (Phi) is 5.72. The molecule has 0 radical (unpaired) electrons. The van der Waals surface area contributed by atoms with Gasteiger partial charge in [-0.2, -0.15) is 0 Å². The maximum Gasteiger partial charge on any atom is 0.293 e. The van der Waals surface area contributed by atoms with Crippen molar-refractivity contribution < 1.29 is 17.1 Å². The minimum Gasteiger partial charge on any atom is -0.545 e. The number of nitrogens with zero attached hydrogens (tertiary/aromatic N) is 2. The van der Waals surface area contributed by atoms with E-state index in [1.807, 2.05) is 0 Å². The maximum absolute atomic E-state index is 12.3. The van der Waals surface area contributed by atoms with Crippen molar-refractivity contribution in [2.75, 3.05) is 11.9 Å². The molecule has 0 atom stereocenters. The van der Waals surface area contributed by atoms with Gasteiger partial charge in [0.05, 0.1) is 16.5 Å². The number of hydrogen-bond acceptors (Lipinski definition) is 5. The lowest BCUT2D eigenvalue weighted by atomic mass is 10.1. The molecule has 0 unspecified atom stereocenters. The summed E-state index contributed by atoms with van der Waals surface area (Å²) < 4.78 is 25.4. The fourth-order valence-electron chi connectivity index (χ4n) is 1.42. The molecule has 20 heavy (non-hydrogen) atoms. The predicted octanol–water partition coefficient (Wildman–Crippen LogP) is 1.95. The smallest absolute Gasteiger partial charge is 0.293 e. The molecule has 0 aliphatic rings. The Morgan fingerprint density at radius 1 is 1.60 bits per heavy atom. The Morgan fingerprint density at radius 2 is 2.20 bits per heavy atom. The fourth-order valence-corrected chi connectivity index (χ4v) is 1.87. The quantitative estimate of drug-likeness (QED) is 0.145. The lowest BCUT2D eigenvalue weighted by Crippen LogP contribution is -2.24. The van der Waals surface area contributed by atoms with Crippen LogP contribution >= 0.6 is 24.4 Å². The van der Waals surface area contributed by atoms with Crippen molar-refractivity contribution in [1.82, 2.24) is 0 Å². The van der Waals surface area contributed by atoms with Gasteiger partial charge in [0.2, 0.25) is 0 Å². The second-order valence-electron chi connectivity index (χ2n) is 3.50. The number of anilines is 1. The number of alkyl halides is 2. The first-order chi connectivity index (χ1) is 9.25. The number of thiol groups is 1. The molecular weight excluding hydrogens is 334 g/mol. The van der Waals surface area contributed by atoms with Crippen molar-refractivity contribution >= 4 is 54.4 Å². The van der Waals surface area contributed by atoms with Crippen LogP contribution in [0.3, 0.4) is 0 Å². The van der Waals surface area contributed by atoms with Gasteiger partial charge in [-0.1, -0.05) is 11.6 Å². The molecule has 1 aromatic rings. The van der Waals surface area contributed by atoms with Gasteiger partial charge in [0, 0.05) is 18.9 Å². The number of rotatable bonds is 5. The summed E-state index contributed by atoms with van der Waals surface area (Å²) in [6, 6.07) is 2.31. The second kappa shape index (κ2) is 6.86. The number of benzene rings is 1. The van der Waals surface area contributed by atoms with Gasteiger partial charge in [0.15, 0.2) is 0 Å². The fraction of sp³-hybridized carbons (Fsp3) is 0.222. The molecule has 0 spiro atoms. The molecule has 0 saturated heterocycles. The van der Waals surface area contributed by atoms with Gasteiger partial charge in [-0.05, 0) is 6.07 Å². The van der Waals surface area contributed by atoms with Gasteiger partial charge < -0.3 is 21.5 Å². The number of hydrogen-bond donors (Lipinski definition) is 3. The van der Waals surface area contributed by atoms with Crippen molar-refractivity contribution in [3.63, 3.8) is 0 Å². The summed E-state index contributed by atoms with van der Waals surface area (Å²) in [5, 5.41) is 13.2. The molecule has 0 amide bonds. The van der Waals surface area contributed by atoms with Gasteiger partial charge in [-0.25, -0.2) is 8.78 Å². The van der Waals surface area contributed by atoms with Crippen molar-refractivity contribution in [2.24, 2.45) is 5.73 Å². The highest BCUT2D eigenvalue weighted by atomic mass is 35.5. The molecule has 0 aliphatic carbocycles. The van der Waals surface area contributed by atoms with Crippen LogP contribution in [0.4, 0.5) is 20.2 Å². The number of amidine groups is 1. The molecule has 0 heterocycles. The Bertz CT molecular complexity index is 567. The minimum absolute atomic E-state index is 0.0220. The third-order valence-electron chi connectivity index (χ3n) is 2.22. The van der Waals surface area contributed by atoms with E-state index in [2.05, 4.69) is 30.9 Å². The summed E-state index contributed by atoms with van der Waals surface area (Å²) >= 11 is 14.4. The Hall–Kier alpha value is -1.39. The summed E-state index contributed by atoms with van der Waals surface area (Å²) in [6.45, 7) is -0.800. The topological polar surface area (TPSA) is 84.2 Å². The van der Waals surface area contributed by atoms with E-state index in [1.165, 1.54) is 6.07 Å². The molecule has 11 heteroatoms. The lowest BCUT2D eigenvalue weighted by molar-refractivity contribution is -0.384. The molecular formula is C9H9ClF2N4O2S2. The highest BCUT2D eigenvalue weighted by Crippen LogP contribution is 2.33. The van der Waals surface area contributed by atoms with Crippen molar-refractivity contribution in [3.8, 4) is 0 Å². The first kappa shape index (κ1) is 16.7. The van der Waals surface area contributed by atoms with Gasteiger partial charge in [-0.15, -0.1) is 0 Å². The zero-order valence-electron chi connectivity index (χ0n) is 9.72. The van der Waals surface area contributed by atoms with E-state index in [1.54, 1.807) is 0 Å². The van der Waals surface area contributed by atoms with Crippen LogP contribution in [0.5, 0.6) is 0 Å². The molecule has 0 fully saturated rings. The van der Waals surface area contributed by atoms with Crippen LogP contribution in [-0.4, -0.2) is 27.1 Å². The number of nitro benzene ring substituents is 1. The molecule has 3 N–H and O–H groups in total. The molecule has 0 bridgehead atoms. The van der Waals surface area contributed by atoms with Crippen molar-refractivity contribution in [2.45, 2.75) is 6.43 Å². The molecule has 1 aromatic carbocycles. The maximum atomic E-state index is 12.3. The molecule has 0 saturated carbocycles. The lowest BCUT2D eigenvalue weighted by Gasteiger charge is -2.13. The average Bonchev–Trinajstić information content (AvgIpc) is 2.34. The summed E-state index contributed by atoms with van der Waals surface area (Å²) in [5.41, 5.74) is 4.91. The van der Waals surface area contributed by atoms with E-state index in [-0.39, 0.29) is 22.1 Å². The SMILES string of the molecule is N/C(c1c(Cl)ccc([N+](=O)[O-])c1NCC(F)F)=[N+](/[S-])S. The third-order valence-corrected chi connectivity index (χ3v) is 2.95. The van der Waals surface area contributed by atoms with Gasteiger partial charge in [0.25, 0.3) is 17.9 Å². The Labute approximate surface area is 128 Å². The van der Waals surface area contributed by atoms with Crippen LogP contribution in [0.25, 0.3) is 0 Å². The van der Waals surface area contributed by atoms with E-state index in [4.69, 9.17) is 17.3 Å². The molecule has 6 nitrogen and oxygen atoms in total. The average molecular weight is 343 g/mol. The van der Waals surface area contributed by atoms with Gasteiger partial charge in [0.1, 0.15) is 11.3 Å². The van der Waals surface area contributed by atoms with E-state index < -0.39 is 23.6 Å². The zero-order chi connectivity index (χ0) is 15.4. The number of halogens is 3. The number of nitro groups is 1. The monoisotopic (exact) mass is 342 g/mol. The van der Waals surface area contributed by atoms with E-state index in [9.17, 15) is 18.9 Å². The third kappa shape index (κ3) is 3.81. The predicted molar refractivity (Wildman–Crippen MR) is 77.5 cm³/mol. The normalized spacial score (nSPS) is 12.2. The minimum atomic E-state index is -2.71. The van der Waals surface area contributed by atoms with Crippen LogP contribution in [0.2, 0.25) is 5.02 Å². The van der Waals surface area contributed by atoms with E-state index in [0.717, 1.165) is 9.45 Å². The standard InChI is InChI=1S/C9H9ClF2N4O2S2/c10-4-1-2-5(15(17)18)8(14-3-6(11)12)7(4)9(13)16(19)20/h1-2,6,14H,3,13H2,(H,19,20). The van der Waals surface area contributed by atoms with Crippen molar-refractivity contribution in [1.29, 1.82) is 0 Å². The first-order valence-corrected chi connectivity index (χ1v) is 6.17. The van der Waals surface area contributed by atoms with Crippen molar-refractivity contribution in [3.05, 3.63) is 32.8 Å². The van der Waals surface area contributed by atoms with Crippen LogP contribution in [0.15, 0.2) is 12.1 Å². The largest absolute Gasteiger partial charge is 0.545 e. The van der Waals surface area contributed by atoms with E-state index >= 15 is 0 Å². The van der Waals surface area contributed by atoms with Crippen LogP contribution in [0, 0.1) is 10.1 Å². The van der Waals surface area contributed by atoms with Gasteiger partial charge >= 0.3 is 0 Å². The summed E-state index contributed by atoms with van der Waals surface area (Å²) in [4.78, 5) is 10.2. The first-order valence-electron chi connectivity index (χ1n) is 5.03. The summed E-state index contributed by atoms with van der Waals surface area (Å²) in [5.74, 6) is -0.186. The van der Waals surface area contributed by atoms with Crippen LogP contribution < -0.4 is 11.1 Å². The van der Waals surface area contributed by atoms with Gasteiger partial charge in [-0.3, -0.25) is 15.8 Å².